The van der Waals surface area contributed by atoms with E-state index in [1.165, 1.54) is 4.68 Å². The minimum atomic E-state index is -1.10. The fraction of sp³-hybridized carbons (Fsp3) is 0.286. The second-order valence-electron chi connectivity index (χ2n) is 4.67. The second kappa shape index (κ2) is 4.88. The third-order valence-electron chi connectivity index (χ3n) is 3.31. The van der Waals surface area contributed by atoms with Gasteiger partial charge in [0.1, 0.15) is 11.6 Å². The summed E-state index contributed by atoms with van der Waals surface area (Å²) in [7, 11) is 3.22. The minimum absolute atomic E-state index is 0.0438. The maximum atomic E-state index is 11.3. The molecule has 0 unspecified atom stereocenters. The summed E-state index contributed by atoms with van der Waals surface area (Å²) in [5, 5.41) is 13.2. The zero-order chi connectivity index (χ0) is 15.0. The molecule has 1 aromatic heterocycles. The smallest absolute Gasteiger partial charge is 0.357 e. The molecule has 6 nitrogen and oxygen atoms in total. The standard InChI is InChI=1S/C14H17N3O3/c1-7-6-10(20-4)8(2)5-9(7)11-12(14(18)19)16-17(3)13(11)15/h5-6H,15H2,1-4H3,(H,18,19). The van der Waals surface area contributed by atoms with Crippen molar-refractivity contribution >= 4 is 11.8 Å². The van der Waals surface area contributed by atoms with Crippen LogP contribution < -0.4 is 10.5 Å². The molecular weight excluding hydrogens is 258 g/mol. The molecule has 0 atom stereocenters. The molecule has 0 spiro atoms. The van der Waals surface area contributed by atoms with Crippen LogP contribution in [0.3, 0.4) is 0 Å². The number of nitrogens with two attached hydrogens (primary N) is 1. The Kier molecular flexibility index (Phi) is 3.40. The number of benzene rings is 1. The highest BCUT2D eigenvalue weighted by molar-refractivity contribution is 5.98. The van der Waals surface area contributed by atoms with Crippen LogP contribution in [0.2, 0.25) is 0 Å². The molecule has 0 aliphatic rings. The van der Waals surface area contributed by atoms with Gasteiger partial charge in [-0.1, -0.05) is 0 Å². The molecule has 0 aliphatic carbocycles. The molecule has 0 saturated heterocycles. The molecular formula is C14H17N3O3. The molecule has 0 saturated carbocycles. The highest BCUT2D eigenvalue weighted by atomic mass is 16.5. The number of hydrogen-bond donors (Lipinski definition) is 2. The molecule has 0 aliphatic heterocycles. The first-order valence-electron chi connectivity index (χ1n) is 6.08. The number of aromatic carboxylic acids is 1. The number of anilines is 1. The van der Waals surface area contributed by atoms with Gasteiger partial charge in [-0.15, -0.1) is 0 Å². The van der Waals surface area contributed by atoms with E-state index in [1.54, 1.807) is 14.2 Å². The largest absolute Gasteiger partial charge is 0.496 e. The van der Waals surface area contributed by atoms with Gasteiger partial charge in [-0.2, -0.15) is 5.10 Å². The lowest BCUT2D eigenvalue weighted by atomic mass is 9.97. The van der Waals surface area contributed by atoms with Crippen LogP contribution in [0.1, 0.15) is 21.6 Å². The van der Waals surface area contributed by atoms with Crippen LogP contribution in [-0.4, -0.2) is 28.0 Å². The van der Waals surface area contributed by atoms with E-state index in [4.69, 9.17) is 10.5 Å². The van der Waals surface area contributed by atoms with Crippen molar-refractivity contribution in [1.82, 2.24) is 9.78 Å². The average molecular weight is 275 g/mol. The van der Waals surface area contributed by atoms with Crippen LogP contribution in [-0.2, 0) is 7.05 Å². The maximum Gasteiger partial charge on any atom is 0.357 e. The van der Waals surface area contributed by atoms with Crippen LogP contribution in [0.15, 0.2) is 12.1 Å². The Morgan fingerprint density at radius 3 is 2.55 bits per heavy atom. The molecule has 0 amide bonds. The number of aryl methyl sites for hydroxylation is 3. The molecule has 6 heteroatoms. The molecule has 1 heterocycles. The van der Waals surface area contributed by atoms with Gasteiger partial charge in [-0.25, -0.2) is 4.79 Å². The minimum Gasteiger partial charge on any atom is -0.496 e. The van der Waals surface area contributed by atoms with E-state index < -0.39 is 5.97 Å². The van der Waals surface area contributed by atoms with Gasteiger partial charge in [-0.05, 0) is 42.7 Å². The quantitative estimate of drug-likeness (QED) is 0.894. The number of rotatable bonds is 3. The zero-order valence-corrected chi connectivity index (χ0v) is 11.9. The van der Waals surface area contributed by atoms with Crippen LogP contribution in [0, 0.1) is 13.8 Å². The molecule has 2 aromatic rings. The molecule has 3 N–H and O–H groups in total. The van der Waals surface area contributed by atoms with Gasteiger partial charge in [-0.3, -0.25) is 4.68 Å². The van der Waals surface area contributed by atoms with E-state index in [2.05, 4.69) is 5.10 Å². The van der Waals surface area contributed by atoms with Crippen molar-refractivity contribution in [3.8, 4) is 16.9 Å². The van der Waals surface area contributed by atoms with E-state index >= 15 is 0 Å². The van der Waals surface area contributed by atoms with Gasteiger partial charge in [0.2, 0.25) is 0 Å². The topological polar surface area (TPSA) is 90.4 Å². The Morgan fingerprint density at radius 2 is 2.00 bits per heavy atom. The molecule has 0 fully saturated rings. The lowest BCUT2D eigenvalue weighted by Crippen LogP contribution is -2.01. The number of hydrogen-bond acceptors (Lipinski definition) is 4. The number of nitrogen functional groups attached to an aromatic ring is 1. The summed E-state index contributed by atoms with van der Waals surface area (Å²) in [6.45, 7) is 3.78. The van der Waals surface area contributed by atoms with E-state index in [9.17, 15) is 9.90 Å². The van der Waals surface area contributed by atoms with Gasteiger partial charge >= 0.3 is 5.97 Å². The predicted octanol–water partition coefficient (Wildman–Crippen LogP) is 1.99. The Hall–Kier alpha value is -2.50. The first kappa shape index (κ1) is 13.9. The van der Waals surface area contributed by atoms with Crippen molar-refractivity contribution in [2.24, 2.45) is 7.05 Å². The zero-order valence-electron chi connectivity index (χ0n) is 11.9. The number of carbonyl (C=O) groups is 1. The summed E-state index contributed by atoms with van der Waals surface area (Å²) < 4.78 is 6.63. The van der Waals surface area contributed by atoms with Crippen molar-refractivity contribution < 1.29 is 14.6 Å². The fourth-order valence-electron chi connectivity index (χ4n) is 2.23. The van der Waals surface area contributed by atoms with Crippen molar-refractivity contribution in [2.45, 2.75) is 13.8 Å². The van der Waals surface area contributed by atoms with Gasteiger partial charge in [0.05, 0.1) is 12.7 Å². The van der Waals surface area contributed by atoms with Crippen LogP contribution >= 0.6 is 0 Å². The SMILES string of the molecule is COc1cc(C)c(-c2c(C(=O)O)nn(C)c2N)cc1C. The average Bonchev–Trinajstić information content (AvgIpc) is 2.68. The number of ether oxygens (including phenoxy) is 1. The molecule has 106 valence electrons. The lowest BCUT2D eigenvalue weighted by molar-refractivity contribution is 0.0690. The fourth-order valence-corrected chi connectivity index (χ4v) is 2.23. The molecule has 0 bridgehead atoms. The first-order chi connectivity index (χ1) is 9.36. The number of aromatic nitrogens is 2. The predicted molar refractivity (Wildman–Crippen MR) is 76.0 cm³/mol. The van der Waals surface area contributed by atoms with Crippen molar-refractivity contribution in [1.29, 1.82) is 0 Å². The summed E-state index contributed by atoms with van der Waals surface area (Å²) in [5.41, 5.74) is 8.92. The highest BCUT2D eigenvalue weighted by Crippen LogP contribution is 2.35. The van der Waals surface area contributed by atoms with Crippen molar-refractivity contribution in [3.05, 3.63) is 29.0 Å². The van der Waals surface area contributed by atoms with Crippen molar-refractivity contribution in [2.75, 3.05) is 12.8 Å². The van der Waals surface area contributed by atoms with Gasteiger partial charge in [0, 0.05) is 7.05 Å². The highest BCUT2D eigenvalue weighted by Gasteiger charge is 2.23. The van der Waals surface area contributed by atoms with Crippen LogP contribution in [0.5, 0.6) is 5.75 Å². The summed E-state index contributed by atoms with van der Waals surface area (Å²) >= 11 is 0. The lowest BCUT2D eigenvalue weighted by Gasteiger charge is -2.11. The number of carboxylic acid groups (broad SMARTS) is 1. The van der Waals surface area contributed by atoms with Gasteiger partial charge < -0.3 is 15.6 Å². The normalized spacial score (nSPS) is 10.6. The summed E-state index contributed by atoms with van der Waals surface area (Å²) in [5.74, 6) is -0.0131. The van der Waals surface area contributed by atoms with E-state index in [-0.39, 0.29) is 5.69 Å². The van der Waals surface area contributed by atoms with Gasteiger partial charge in [0.25, 0.3) is 0 Å². The Bertz CT molecular complexity index is 689. The van der Waals surface area contributed by atoms with E-state index in [1.807, 2.05) is 26.0 Å². The molecule has 1 aromatic carbocycles. The van der Waals surface area contributed by atoms with Crippen molar-refractivity contribution in [3.63, 3.8) is 0 Å². The summed E-state index contributed by atoms with van der Waals surface area (Å²) in [4.78, 5) is 11.3. The van der Waals surface area contributed by atoms with E-state index in [0.717, 1.165) is 22.4 Å². The summed E-state index contributed by atoms with van der Waals surface area (Å²) in [6.07, 6.45) is 0. The number of methoxy groups -OCH3 is 1. The van der Waals surface area contributed by atoms with Crippen LogP contribution in [0.25, 0.3) is 11.1 Å². The number of nitrogens with zero attached hydrogens (tertiary/aromatic N) is 2. The molecule has 20 heavy (non-hydrogen) atoms. The second-order valence-corrected chi connectivity index (χ2v) is 4.67. The van der Waals surface area contributed by atoms with Gasteiger partial charge in [0.15, 0.2) is 5.69 Å². The maximum absolute atomic E-state index is 11.3. The Balaban J connectivity index is 2.75. The Morgan fingerprint density at radius 1 is 1.35 bits per heavy atom. The molecule has 0 radical (unpaired) electrons. The Labute approximate surface area is 116 Å². The third kappa shape index (κ3) is 2.09. The number of carboxylic acids is 1. The summed E-state index contributed by atoms with van der Waals surface area (Å²) in [6, 6.07) is 3.73. The monoisotopic (exact) mass is 275 g/mol. The third-order valence-corrected chi connectivity index (χ3v) is 3.31. The first-order valence-corrected chi connectivity index (χ1v) is 6.08. The van der Waals surface area contributed by atoms with Crippen LogP contribution in [0.4, 0.5) is 5.82 Å². The molecule has 2 rings (SSSR count). The van der Waals surface area contributed by atoms with E-state index in [0.29, 0.717) is 11.4 Å².